The maximum Gasteiger partial charge on any atom is 0.152 e. The Labute approximate surface area is 426 Å². The van der Waals surface area contributed by atoms with Gasteiger partial charge in [-0.1, -0.05) is 150 Å². The lowest BCUT2D eigenvalue weighted by Crippen LogP contribution is -2.26. The number of aryl methyl sites for hydroxylation is 2. The Morgan fingerprint density at radius 2 is 1.07 bits per heavy atom. The summed E-state index contributed by atoms with van der Waals surface area (Å²) in [5.74, 6) is 3.24. The van der Waals surface area contributed by atoms with Gasteiger partial charge in [-0.15, -0.1) is 0 Å². The predicted molar refractivity (Wildman–Crippen MR) is 293 cm³/mol. The van der Waals surface area contributed by atoms with Crippen LogP contribution >= 0.6 is 34.8 Å². The van der Waals surface area contributed by atoms with Crippen LogP contribution < -0.4 is 0 Å². The van der Waals surface area contributed by atoms with Crippen molar-refractivity contribution < 1.29 is 0 Å². The van der Waals surface area contributed by atoms with Gasteiger partial charge in [-0.25, -0.2) is 9.97 Å². The Kier molecular flexibility index (Phi) is 18.7. The van der Waals surface area contributed by atoms with Crippen LogP contribution in [0.3, 0.4) is 0 Å². The Bertz CT molecular complexity index is 2880. The topological polar surface area (TPSA) is 73.7 Å². The lowest BCUT2D eigenvalue weighted by atomic mass is 10.1. The number of nitrogens with zero attached hydrogens (tertiary/aromatic N) is 6. The van der Waals surface area contributed by atoms with Gasteiger partial charge in [0.1, 0.15) is 11.6 Å². The van der Waals surface area contributed by atoms with Gasteiger partial charge >= 0.3 is 0 Å². The number of unbranched alkanes of at least 4 members (excludes halogenated alkanes) is 2. The Morgan fingerprint density at radius 1 is 0.580 bits per heavy atom. The maximum absolute atomic E-state index is 6.85. The number of hydrogen-bond donors (Lipinski definition) is 2. The number of H-pyrrole nitrogens is 2. The number of nitrogens with one attached hydrogen (secondary N) is 2. The van der Waals surface area contributed by atoms with Gasteiger partial charge in [0.15, 0.2) is 10.3 Å². The van der Waals surface area contributed by atoms with Crippen molar-refractivity contribution in [2.24, 2.45) is 11.8 Å². The first kappa shape index (κ1) is 52.0. The van der Waals surface area contributed by atoms with Crippen LogP contribution in [0.15, 0.2) is 103 Å². The molecule has 0 radical (unpaired) electrons. The van der Waals surface area contributed by atoms with Crippen molar-refractivity contribution in [2.45, 2.75) is 133 Å². The number of imidazole rings is 2. The zero-order chi connectivity index (χ0) is 49.0. The van der Waals surface area contributed by atoms with Crippen molar-refractivity contribution >= 4 is 56.6 Å². The summed E-state index contributed by atoms with van der Waals surface area (Å²) in [5.41, 5.74) is 11.8. The minimum atomic E-state index is 0.609. The molecule has 0 aliphatic carbocycles. The highest BCUT2D eigenvalue weighted by Gasteiger charge is 2.23. The molecule has 8 aromatic rings. The van der Waals surface area contributed by atoms with Crippen LogP contribution in [0.25, 0.3) is 44.6 Å². The third-order valence-corrected chi connectivity index (χ3v) is 14.1. The van der Waals surface area contributed by atoms with Crippen LogP contribution in [-0.2, 0) is 39.3 Å². The molecule has 0 fully saturated rings. The van der Waals surface area contributed by atoms with E-state index in [1.54, 1.807) is 0 Å². The molecule has 4 heterocycles. The highest BCUT2D eigenvalue weighted by atomic mass is 35.5. The number of rotatable bonds is 22. The quantitative estimate of drug-likeness (QED) is 0.0710. The molecule has 69 heavy (non-hydrogen) atoms. The maximum atomic E-state index is 6.85. The standard InChI is InChI=1S/C29H36Cl2N4.C29H37ClN4/c1-5-6-14-35-27(28(31)33-29(35)23-10-8-7-9-21(23)4)19-34(15-13-20(2)3)18-22-11-12-26-24(16-22)25(30)17-32-26;1-5-6-16-34-27(28(30)32-29(34)25-10-8-7-9-22(25)4)20-33(17-14-21(2)3)19-23-11-12-26-24(18-23)13-15-31-26/h7-12,16-17,20,32H,5-6,13-15,18-19H2,1-4H3;7-13,15,18,21,31H,5-6,14,16-17,19-20H2,1-4H3. The van der Waals surface area contributed by atoms with E-state index in [1.807, 2.05) is 12.4 Å². The molecule has 366 valence electrons. The van der Waals surface area contributed by atoms with Crippen molar-refractivity contribution in [1.82, 2.24) is 38.9 Å². The first-order valence-corrected chi connectivity index (χ1v) is 26.3. The molecule has 0 saturated carbocycles. The van der Waals surface area contributed by atoms with Gasteiger partial charge in [0.25, 0.3) is 0 Å². The molecule has 0 aliphatic heterocycles. The van der Waals surface area contributed by atoms with E-state index in [0.29, 0.717) is 22.1 Å². The van der Waals surface area contributed by atoms with Gasteiger partial charge in [0.2, 0.25) is 0 Å². The largest absolute Gasteiger partial charge is 0.361 e. The van der Waals surface area contributed by atoms with Crippen LogP contribution in [0.2, 0.25) is 15.3 Å². The number of hydrogen-bond acceptors (Lipinski definition) is 4. The van der Waals surface area contributed by atoms with Crippen LogP contribution in [0.5, 0.6) is 0 Å². The highest BCUT2D eigenvalue weighted by molar-refractivity contribution is 6.35. The molecule has 0 unspecified atom stereocenters. The summed E-state index contributed by atoms with van der Waals surface area (Å²) in [6.07, 6.45) is 10.6. The second-order valence-electron chi connectivity index (χ2n) is 19.7. The minimum Gasteiger partial charge on any atom is -0.361 e. The van der Waals surface area contributed by atoms with Crippen LogP contribution in [0.1, 0.15) is 114 Å². The summed E-state index contributed by atoms with van der Waals surface area (Å²) in [6.45, 7) is 25.0. The lowest BCUT2D eigenvalue weighted by Gasteiger charge is -2.25. The van der Waals surface area contributed by atoms with Crippen LogP contribution in [-0.4, -0.2) is 52.0 Å². The van der Waals surface area contributed by atoms with Gasteiger partial charge in [-0.2, -0.15) is 0 Å². The monoisotopic (exact) mass is 987 g/mol. The fourth-order valence-electron chi connectivity index (χ4n) is 9.07. The summed E-state index contributed by atoms with van der Waals surface area (Å²) < 4.78 is 4.72. The average molecular weight is 989 g/mol. The van der Waals surface area contributed by atoms with E-state index in [9.17, 15) is 0 Å². The third kappa shape index (κ3) is 13.5. The summed E-state index contributed by atoms with van der Waals surface area (Å²) in [7, 11) is 0. The van der Waals surface area contributed by atoms with E-state index in [4.69, 9.17) is 44.8 Å². The fraction of sp³-hybridized carbons (Fsp3) is 0.414. The third-order valence-electron chi connectivity index (χ3n) is 13.2. The van der Waals surface area contributed by atoms with Gasteiger partial charge < -0.3 is 19.1 Å². The Morgan fingerprint density at radius 3 is 1.57 bits per heavy atom. The molecule has 4 aromatic carbocycles. The average Bonchev–Trinajstić information content (AvgIpc) is 4.11. The van der Waals surface area contributed by atoms with E-state index in [2.05, 4.69) is 175 Å². The normalized spacial score (nSPS) is 11.9. The summed E-state index contributed by atoms with van der Waals surface area (Å²) in [6, 6.07) is 32.2. The van der Waals surface area contributed by atoms with Crippen molar-refractivity contribution in [3.63, 3.8) is 0 Å². The first-order valence-electron chi connectivity index (χ1n) is 25.2. The van der Waals surface area contributed by atoms with Crippen molar-refractivity contribution in [1.29, 1.82) is 0 Å². The molecule has 11 heteroatoms. The number of aromatic amines is 2. The van der Waals surface area contributed by atoms with E-state index >= 15 is 0 Å². The van der Waals surface area contributed by atoms with Gasteiger partial charge in [-0.3, -0.25) is 9.80 Å². The number of aromatic nitrogens is 6. The van der Waals surface area contributed by atoms with Crippen LogP contribution in [0.4, 0.5) is 0 Å². The Hall–Kier alpha value is -4.83. The molecular formula is C58H73Cl3N8. The summed E-state index contributed by atoms with van der Waals surface area (Å²) in [5, 5.41) is 4.33. The van der Waals surface area contributed by atoms with Gasteiger partial charge in [0, 0.05) is 79.2 Å². The van der Waals surface area contributed by atoms with E-state index in [0.717, 1.165) is 135 Å². The summed E-state index contributed by atoms with van der Waals surface area (Å²) in [4.78, 5) is 21.3. The molecule has 0 saturated heterocycles. The smallest absolute Gasteiger partial charge is 0.152 e. The SMILES string of the molecule is CCCCn1c(-c2ccccc2C)nc(Cl)c1CN(CCC(C)C)Cc1ccc2[nH]cc(Cl)c2c1.CCCCn1c(-c2ccccc2C)nc(Cl)c1CN(CCC(C)C)Cc1ccc2[nH]ccc2c1. The van der Waals surface area contributed by atoms with Gasteiger partial charge in [-0.05, 0) is 122 Å². The zero-order valence-electron chi connectivity index (χ0n) is 42.2. The fourth-order valence-corrected chi connectivity index (χ4v) is 9.77. The van der Waals surface area contributed by atoms with Crippen LogP contribution in [0, 0.1) is 25.7 Å². The van der Waals surface area contributed by atoms with Gasteiger partial charge in [0.05, 0.1) is 16.4 Å². The molecule has 0 amide bonds. The van der Waals surface area contributed by atoms with E-state index < -0.39 is 0 Å². The van der Waals surface area contributed by atoms with E-state index in [1.165, 1.54) is 38.7 Å². The molecule has 2 N–H and O–H groups in total. The molecule has 8 rings (SSSR count). The number of benzene rings is 4. The number of halogens is 3. The molecule has 8 nitrogen and oxygen atoms in total. The Balaban J connectivity index is 0.000000204. The first-order chi connectivity index (χ1) is 33.3. The van der Waals surface area contributed by atoms with Crippen molar-refractivity contribution in [3.05, 3.63) is 152 Å². The molecule has 0 bridgehead atoms. The van der Waals surface area contributed by atoms with E-state index in [-0.39, 0.29) is 0 Å². The van der Waals surface area contributed by atoms with Crippen molar-refractivity contribution in [3.8, 4) is 22.8 Å². The predicted octanol–water partition coefficient (Wildman–Crippen LogP) is 16.3. The second-order valence-corrected chi connectivity index (χ2v) is 20.8. The minimum absolute atomic E-state index is 0.609. The highest BCUT2D eigenvalue weighted by Crippen LogP contribution is 2.33. The molecule has 0 aliphatic rings. The molecular weight excluding hydrogens is 915 g/mol. The summed E-state index contributed by atoms with van der Waals surface area (Å²) >= 11 is 20.1. The molecule has 0 spiro atoms. The number of fused-ring (bicyclic) bond motifs is 2. The lowest BCUT2D eigenvalue weighted by molar-refractivity contribution is 0.235. The molecule has 0 atom stereocenters. The second kappa shape index (κ2) is 24.8. The van der Waals surface area contributed by atoms with Crippen molar-refractivity contribution in [2.75, 3.05) is 13.1 Å². The zero-order valence-corrected chi connectivity index (χ0v) is 44.5. The molecule has 4 aromatic heterocycles.